The fourth-order valence-electron chi connectivity index (χ4n) is 6.23. The maximum atomic E-state index is 14.7. The van der Waals surface area contributed by atoms with Crippen molar-refractivity contribution in [3.05, 3.63) is 83.7 Å². The van der Waals surface area contributed by atoms with Gasteiger partial charge in [0.1, 0.15) is 18.4 Å². The molecule has 0 N–H and O–H groups in total. The summed E-state index contributed by atoms with van der Waals surface area (Å²) in [5.74, 6) is 1.68. The summed E-state index contributed by atoms with van der Waals surface area (Å²) in [6, 6.07) is 20.3. The van der Waals surface area contributed by atoms with Gasteiger partial charge in [-0.05, 0) is 28.4 Å². The Labute approximate surface area is 228 Å². The van der Waals surface area contributed by atoms with Gasteiger partial charge >= 0.3 is 0 Å². The van der Waals surface area contributed by atoms with Crippen LogP contribution in [-0.4, -0.2) is 62.9 Å². The van der Waals surface area contributed by atoms with E-state index in [-0.39, 0.29) is 22.9 Å². The van der Waals surface area contributed by atoms with E-state index in [2.05, 4.69) is 81.4 Å². The molecule has 0 radical (unpaired) electrons. The molecule has 3 atom stereocenters. The van der Waals surface area contributed by atoms with Crippen molar-refractivity contribution in [1.29, 1.82) is 0 Å². The van der Waals surface area contributed by atoms with E-state index < -0.39 is 7.67 Å². The van der Waals surface area contributed by atoms with Crippen LogP contribution in [0.3, 0.4) is 0 Å². The van der Waals surface area contributed by atoms with E-state index in [9.17, 15) is 9.46 Å². The first-order valence-electron chi connectivity index (χ1n) is 13.9. The Hall–Kier alpha value is -2.56. The molecule has 1 fully saturated rings. The van der Waals surface area contributed by atoms with Gasteiger partial charge in [-0.2, -0.15) is 0 Å². The molecule has 5 rings (SSSR count). The fraction of sp³-hybridized carbons (Fsp3) is 0.516. The van der Waals surface area contributed by atoms with Gasteiger partial charge in [0.05, 0.1) is 18.7 Å². The van der Waals surface area contributed by atoms with Crippen LogP contribution in [0.15, 0.2) is 72.6 Å². The zero-order chi connectivity index (χ0) is 27.3. The normalized spacial score (nSPS) is 25.6. The molecule has 0 spiro atoms. The van der Waals surface area contributed by atoms with Gasteiger partial charge in [-0.25, -0.2) is 4.67 Å². The number of hydrogen-bond acceptors (Lipinski definition) is 3. The molecular formula is C31H43N4O2P. The molecule has 0 aliphatic carbocycles. The summed E-state index contributed by atoms with van der Waals surface area (Å²) in [7, 11) is -4.16. The number of fused-ring (bicyclic) bond motifs is 2. The van der Waals surface area contributed by atoms with E-state index in [1.165, 1.54) is 11.1 Å². The molecule has 0 amide bonds. The Bertz CT molecular complexity index is 1260. The van der Waals surface area contributed by atoms with Crippen molar-refractivity contribution in [3.63, 3.8) is 0 Å². The zero-order valence-electron chi connectivity index (χ0n) is 23.8. The Morgan fingerprint density at radius 2 is 1.39 bits per heavy atom. The average Bonchev–Trinajstić information content (AvgIpc) is 3.31. The summed E-state index contributed by atoms with van der Waals surface area (Å²) in [5, 5.41) is 0. The molecule has 0 aromatic heterocycles. The highest BCUT2D eigenvalue weighted by molar-refractivity contribution is 7.52. The molecule has 0 saturated carbocycles. The van der Waals surface area contributed by atoms with E-state index in [1.807, 2.05) is 36.4 Å². The molecule has 38 heavy (non-hydrogen) atoms. The number of benzene rings is 2. The summed E-state index contributed by atoms with van der Waals surface area (Å²) < 4.78 is 20.5. The largest absolute Gasteiger partial charge is 0.748 e. The lowest BCUT2D eigenvalue weighted by atomic mass is 9.96. The minimum Gasteiger partial charge on any atom is -0.748 e. The molecule has 3 aliphatic heterocycles. The van der Waals surface area contributed by atoms with E-state index in [4.69, 9.17) is 0 Å². The van der Waals surface area contributed by atoms with Crippen molar-refractivity contribution in [2.24, 2.45) is 10.8 Å². The maximum Gasteiger partial charge on any atom is 0.284 e. The van der Waals surface area contributed by atoms with Crippen molar-refractivity contribution in [1.82, 2.24) is 14.2 Å². The fourth-order valence-corrected chi connectivity index (χ4v) is 8.46. The number of hydrogen-bond donors (Lipinski definition) is 0. The number of amidine groups is 1. The van der Waals surface area contributed by atoms with Crippen LogP contribution in [0.25, 0.3) is 0 Å². The highest BCUT2D eigenvalue weighted by Crippen LogP contribution is 2.57. The van der Waals surface area contributed by atoms with E-state index >= 15 is 0 Å². The summed E-state index contributed by atoms with van der Waals surface area (Å²) in [4.78, 5) is 17.0. The summed E-state index contributed by atoms with van der Waals surface area (Å²) in [6.07, 6.45) is 3.56. The topological polar surface area (TPSA) is 52.9 Å². The van der Waals surface area contributed by atoms with Gasteiger partial charge in [-0.3, -0.25) is 13.8 Å². The van der Waals surface area contributed by atoms with Crippen LogP contribution in [0.4, 0.5) is 0 Å². The Morgan fingerprint density at radius 1 is 0.842 bits per heavy atom. The summed E-state index contributed by atoms with van der Waals surface area (Å²) in [5.41, 5.74) is 2.42. The van der Waals surface area contributed by atoms with Crippen molar-refractivity contribution < 1.29 is 14.0 Å². The second kappa shape index (κ2) is 9.88. The lowest BCUT2D eigenvalue weighted by Crippen LogP contribution is -2.49. The van der Waals surface area contributed by atoms with Crippen LogP contribution in [0, 0.1) is 10.8 Å². The number of nitrogens with zero attached hydrogens (tertiary/aromatic N) is 4. The summed E-state index contributed by atoms with van der Waals surface area (Å²) >= 11 is 0. The zero-order valence-corrected chi connectivity index (χ0v) is 24.7. The van der Waals surface area contributed by atoms with Crippen molar-refractivity contribution in [2.45, 2.75) is 66.5 Å². The van der Waals surface area contributed by atoms with Crippen LogP contribution in [0.2, 0.25) is 0 Å². The van der Waals surface area contributed by atoms with Gasteiger partial charge in [0.15, 0.2) is 0 Å². The van der Waals surface area contributed by atoms with Crippen LogP contribution in [0.1, 0.15) is 52.7 Å². The third-order valence-electron chi connectivity index (χ3n) is 7.43. The minimum atomic E-state index is -4.16. The van der Waals surface area contributed by atoms with E-state index in [0.717, 1.165) is 24.7 Å². The summed E-state index contributed by atoms with van der Waals surface area (Å²) in [6.45, 7) is 16.3. The average molecular weight is 535 g/mol. The van der Waals surface area contributed by atoms with Crippen LogP contribution in [-0.2, 0) is 17.4 Å². The predicted molar refractivity (Wildman–Crippen MR) is 153 cm³/mol. The molecule has 2 aromatic carbocycles. The smallest absolute Gasteiger partial charge is 0.284 e. The maximum absolute atomic E-state index is 14.7. The monoisotopic (exact) mass is 534 g/mol. The molecule has 1 saturated heterocycles. The molecule has 3 heterocycles. The Morgan fingerprint density at radius 3 is 1.92 bits per heavy atom. The third kappa shape index (κ3) is 5.58. The van der Waals surface area contributed by atoms with Crippen LogP contribution in [0.5, 0.6) is 0 Å². The molecule has 204 valence electrons. The highest BCUT2D eigenvalue weighted by atomic mass is 31.2. The highest BCUT2D eigenvalue weighted by Gasteiger charge is 2.56. The van der Waals surface area contributed by atoms with Crippen molar-refractivity contribution >= 4 is 13.5 Å². The lowest BCUT2D eigenvalue weighted by molar-refractivity contribution is -0.533. The molecule has 3 aliphatic rings. The van der Waals surface area contributed by atoms with Gasteiger partial charge in [0, 0.05) is 19.5 Å². The Kier molecular flexibility index (Phi) is 7.02. The van der Waals surface area contributed by atoms with Gasteiger partial charge in [-0.15, -0.1) is 0 Å². The minimum absolute atomic E-state index is 0.0411. The Balaban J connectivity index is 1.59. The molecular weight excluding hydrogens is 491 g/mol. The predicted octanol–water partition coefficient (Wildman–Crippen LogP) is 4.97. The van der Waals surface area contributed by atoms with Gasteiger partial charge in [0.2, 0.25) is 0 Å². The second-order valence-corrected chi connectivity index (χ2v) is 15.5. The standard InChI is InChI=1S/C31H43N4O2P/c1-30(2,3)22-32-20-26(17-24-13-9-7-10-14-24)34-28(32)19-29-33(23-31(4,5)6)21-27(35(29)38(34,36)37)18-25-15-11-8-12-16-25/h7-16,19,26-27H,17-18,20-23H2,1-6H3. The van der Waals surface area contributed by atoms with Gasteiger partial charge in [0.25, 0.3) is 13.5 Å². The molecule has 7 heteroatoms. The van der Waals surface area contributed by atoms with Crippen molar-refractivity contribution in [2.75, 3.05) is 26.2 Å². The van der Waals surface area contributed by atoms with E-state index in [0.29, 0.717) is 25.9 Å². The van der Waals surface area contributed by atoms with E-state index in [1.54, 1.807) is 9.34 Å². The third-order valence-corrected chi connectivity index (χ3v) is 9.59. The first kappa shape index (κ1) is 27.0. The molecule has 2 aromatic rings. The SMILES string of the molecule is CC(C)(C)CN1CC(Cc2ccccc2)N2C1=CC1=[N+](CC(C)(C)C)CC(Cc3ccccc3)N1P2(=O)[O-]. The molecule has 6 nitrogen and oxygen atoms in total. The molecule has 3 unspecified atom stereocenters. The first-order chi connectivity index (χ1) is 17.8. The first-order valence-corrected chi connectivity index (χ1v) is 15.4. The van der Waals surface area contributed by atoms with Crippen LogP contribution < -0.4 is 4.89 Å². The van der Waals surface area contributed by atoms with Crippen LogP contribution >= 0.6 is 7.67 Å². The van der Waals surface area contributed by atoms with Crippen molar-refractivity contribution in [3.8, 4) is 0 Å². The number of rotatable bonds is 6. The van der Waals surface area contributed by atoms with Gasteiger partial charge < -0.3 is 9.79 Å². The lowest BCUT2D eigenvalue weighted by Gasteiger charge is -2.45. The second-order valence-electron chi connectivity index (χ2n) is 13.6. The quantitative estimate of drug-likeness (QED) is 0.387. The molecule has 0 bridgehead atoms. The van der Waals surface area contributed by atoms with Gasteiger partial charge in [-0.1, -0.05) is 102 Å².